The van der Waals surface area contributed by atoms with Crippen LogP contribution in [0.25, 0.3) is 10.9 Å². The first-order valence-electron chi connectivity index (χ1n) is 13.8. The van der Waals surface area contributed by atoms with Crippen LogP contribution in [0.15, 0.2) is 66.7 Å². The van der Waals surface area contributed by atoms with Gasteiger partial charge >= 0.3 is 0 Å². The molecule has 1 N–H and O–H groups in total. The molecule has 0 unspecified atom stereocenters. The molecule has 206 valence electrons. The van der Waals surface area contributed by atoms with Crippen LogP contribution in [0.2, 0.25) is 0 Å². The van der Waals surface area contributed by atoms with Crippen LogP contribution in [0.1, 0.15) is 54.6 Å². The van der Waals surface area contributed by atoms with Gasteiger partial charge in [0, 0.05) is 29.9 Å². The van der Waals surface area contributed by atoms with E-state index in [0.717, 1.165) is 38.9 Å². The molecule has 2 amide bonds. The summed E-state index contributed by atoms with van der Waals surface area (Å²) in [5, 5.41) is 1.06. The van der Waals surface area contributed by atoms with Crippen molar-refractivity contribution in [2.45, 2.75) is 51.8 Å². The first-order chi connectivity index (χ1) is 19.2. The van der Waals surface area contributed by atoms with Gasteiger partial charge in [0.25, 0.3) is 5.91 Å². The van der Waals surface area contributed by atoms with Crippen LogP contribution in [0.3, 0.4) is 0 Å². The zero-order valence-electron chi connectivity index (χ0n) is 23.7. The Balaban J connectivity index is 1.47. The molecule has 3 aromatic carbocycles. The molecule has 7 heteroatoms. The Morgan fingerprint density at radius 2 is 1.77 bits per heavy atom. The number of fused-ring (bicyclic) bond motifs is 5. The molecule has 3 heterocycles. The molecule has 1 aromatic heterocycles. The number of methoxy groups -OCH3 is 1. The Morgan fingerprint density at radius 3 is 2.50 bits per heavy atom. The van der Waals surface area contributed by atoms with Crippen molar-refractivity contribution in [2.24, 2.45) is 0 Å². The number of carbonyl (C=O) groups excluding carboxylic acids is 2. The van der Waals surface area contributed by atoms with Crippen LogP contribution < -0.4 is 9.47 Å². The monoisotopic (exact) mass is 537 g/mol. The van der Waals surface area contributed by atoms with E-state index in [1.807, 2.05) is 88.4 Å². The quantitative estimate of drug-likeness (QED) is 0.352. The van der Waals surface area contributed by atoms with Crippen LogP contribution in [-0.4, -0.2) is 52.9 Å². The molecule has 2 aliphatic heterocycles. The maximum absolute atomic E-state index is 14.3. The van der Waals surface area contributed by atoms with E-state index in [1.54, 1.807) is 16.9 Å². The molecule has 4 aromatic rings. The summed E-state index contributed by atoms with van der Waals surface area (Å²) >= 11 is 0. The number of aromatic nitrogens is 1. The second kappa shape index (κ2) is 9.73. The standard InChI is InChI=1S/C33H35N3O4/c1-20(2)40-27-15-14-23(16-28(27)39-5)25-18-36-29(37)19-35(17-22-12-10-21(3)11-13-22)32(38)33(36,4)31-30(25)24-8-6-7-9-26(24)34-31/h6-16,20,25,34H,17-19H2,1-5H3/t25-,33+/m1/s1. The number of para-hydroxylation sites is 1. The van der Waals surface area contributed by atoms with E-state index in [9.17, 15) is 9.59 Å². The average Bonchev–Trinajstić information content (AvgIpc) is 3.34. The highest BCUT2D eigenvalue weighted by atomic mass is 16.5. The number of nitrogens with one attached hydrogen (secondary N) is 1. The zero-order chi connectivity index (χ0) is 28.2. The number of amides is 2. The number of aromatic amines is 1. The third-order valence-electron chi connectivity index (χ3n) is 8.26. The maximum atomic E-state index is 14.3. The minimum absolute atomic E-state index is 0.00944. The molecular weight excluding hydrogens is 502 g/mol. The van der Waals surface area contributed by atoms with Crippen molar-refractivity contribution >= 4 is 22.7 Å². The van der Waals surface area contributed by atoms with Gasteiger partial charge < -0.3 is 24.3 Å². The maximum Gasteiger partial charge on any atom is 0.255 e. The molecule has 7 nitrogen and oxygen atoms in total. The van der Waals surface area contributed by atoms with E-state index in [0.29, 0.717) is 24.6 Å². The first kappa shape index (κ1) is 26.0. The van der Waals surface area contributed by atoms with Gasteiger partial charge in [-0.2, -0.15) is 0 Å². The fourth-order valence-electron chi connectivity index (χ4n) is 6.27. The number of aryl methyl sites for hydroxylation is 1. The molecule has 0 saturated carbocycles. The third-order valence-corrected chi connectivity index (χ3v) is 8.26. The van der Waals surface area contributed by atoms with E-state index in [4.69, 9.17) is 9.47 Å². The van der Waals surface area contributed by atoms with Crippen molar-refractivity contribution in [1.82, 2.24) is 14.8 Å². The van der Waals surface area contributed by atoms with E-state index < -0.39 is 5.54 Å². The molecule has 1 fully saturated rings. The van der Waals surface area contributed by atoms with Gasteiger partial charge in [0.2, 0.25) is 5.91 Å². The number of piperazine rings is 1. The number of rotatable bonds is 6. The van der Waals surface area contributed by atoms with Crippen LogP contribution in [0, 0.1) is 6.92 Å². The summed E-state index contributed by atoms with van der Waals surface area (Å²) in [6, 6.07) is 22.2. The highest BCUT2D eigenvalue weighted by Crippen LogP contribution is 2.49. The van der Waals surface area contributed by atoms with Gasteiger partial charge in [-0.1, -0.05) is 54.1 Å². The van der Waals surface area contributed by atoms with Gasteiger partial charge in [-0.3, -0.25) is 9.59 Å². The average molecular weight is 538 g/mol. The number of hydrogen-bond donors (Lipinski definition) is 1. The minimum Gasteiger partial charge on any atom is -0.493 e. The van der Waals surface area contributed by atoms with Gasteiger partial charge in [-0.25, -0.2) is 0 Å². The fourth-order valence-corrected chi connectivity index (χ4v) is 6.27. The summed E-state index contributed by atoms with van der Waals surface area (Å²) in [6.45, 7) is 8.72. The first-order valence-corrected chi connectivity index (χ1v) is 13.8. The summed E-state index contributed by atoms with van der Waals surface area (Å²) < 4.78 is 11.7. The number of H-pyrrole nitrogens is 1. The molecule has 6 rings (SSSR count). The Hall–Kier alpha value is -4.26. The summed E-state index contributed by atoms with van der Waals surface area (Å²) in [5.41, 5.74) is 4.79. The highest BCUT2D eigenvalue weighted by molar-refractivity contribution is 6.01. The van der Waals surface area contributed by atoms with Crippen LogP contribution >= 0.6 is 0 Å². The third kappa shape index (κ3) is 4.12. The molecule has 0 bridgehead atoms. The van der Waals surface area contributed by atoms with Gasteiger partial charge in [0.15, 0.2) is 17.0 Å². The van der Waals surface area contributed by atoms with Crippen molar-refractivity contribution in [3.8, 4) is 11.5 Å². The fraction of sp³-hybridized carbons (Fsp3) is 0.333. The van der Waals surface area contributed by atoms with Crippen molar-refractivity contribution in [3.05, 3.63) is 94.7 Å². The molecule has 0 aliphatic carbocycles. The molecule has 2 atom stereocenters. The van der Waals surface area contributed by atoms with Gasteiger partial charge in [-0.05, 0) is 62.6 Å². The predicted octanol–water partition coefficient (Wildman–Crippen LogP) is 5.50. The molecule has 2 aliphatic rings. The topological polar surface area (TPSA) is 74.9 Å². The van der Waals surface area contributed by atoms with Gasteiger partial charge in [0.1, 0.15) is 6.54 Å². The Kier molecular flexibility index (Phi) is 6.32. The Morgan fingerprint density at radius 1 is 1.02 bits per heavy atom. The highest BCUT2D eigenvalue weighted by Gasteiger charge is 2.56. The second-order valence-electron chi connectivity index (χ2n) is 11.3. The number of benzene rings is 3. The summed E-state index contributed by atoms with van der Waals surface area (Å²) in [4.78, 5) is 35.1. The lowest BCUT2D eigenvalue weighted by atomic mass is 9.76. The number of carbonyl (C=O) groups is 2. The van der Waals surface area contributed by atoms with Crippen molar-refractivity contribution in [2.75, 3.05) is 20.2 Å². The molecule has 0 spiro atoms. The van der Waals surface area contributed by atoms with Gasteiger partial charge in [0.05, 0.1) is 18.9 Å². The molecule has 0 radical (unpaired) electrons. The molecular formula is C33H35N3O4. The predicted molar refractivity (Wildman–Crippen MR) is 155 cm³/mol. The van der Waals surface area contributed by atoms with Crippen LogP contribution in [0.5, 0.6) is 11.5 Å². The van der Waals surface area contributed by atoms with Crippen molar-refractivity contribution in [3.63, 3.8) is 0 Å². The number of hydrogen-bond acceptors (Lipinski definition) is 4. The second-order valence-corrected chi connectivity index (χ2v) is 11.3. The SMILES string of the molecule is COc1cc([C@H]2CN3C(=O)CN(Cc4ccc(C)cc4)C(=O)[C@]3(C)c3[nH]c4ccccc4c32)ccc1OC(C)C. The molecule has 1 saturated heterocycles. The van der Waals surface area contributed by atoms with Crippen LogP contribution in [-0.2, 0) is 21.7 Å². The Bertz CT molecular complexity index is 1610. The van der Waals surface area contributed by atoms with Gasteiger partial charge in [-0.15, -0.1) is 0 Å². The summed E-state index contributed by atoms with van der Waals surface area (Å²) in [5.74, 6) is 1.04. The smallest absolute Gasteiger partial charge is 0.255 e. The minimum atomic E-state index is -1.14. The largest absolute Gasteiger partial charge is 0.493 e. The van der Waals surface area contributed by atoms with Crippen LogP contribution in [0.4, 0.5) is 0 Å². The zero-order valence-corrected chi connectivity index (χ0v) is 23.7. The van der Waals surface area contributed by atoms with E-state index in [1.165, 1.54) is 0 Å². The van der Waals surface area contributed by atoms with Crippen molar-refractivity contribution in [1.29, 1.82) is 0 Å². The molecule has 40 heavy (non-hydrogen) atoms. The summed E-state index contributed by atoms with van der Waals surface area (Å²) in [7, 11) is 1.64. The summed E-state index contributed by atoms with van der Waals surface area (Å²) in [6.07, 6.45) is 0.00944. The lowest BCUT2D eigenvalue weighted by Crippen LogP contribution is -2.67. The van der Waals surface area contributed by atoms with Crippen molar-refractivity contribution < 1.29 is 19.1 Å². The van der Waals surface area contributed by atoms with E-state index in [-0.39, 0.29) is 30.4 Å². The normalized spacial score (nSPS) is 20.6. The number of nitrogens with zero attached hydrogens (tertiary/aromatic N) is 2. The lowest BCUT2D eigenvalue weighted by molar-refractivity contribution is -0.166. The Labute approximate surface area is 234 Å². The number of ether oxygens (including phenoxy) is 2. The van der Waals surface area contributed by atoms with E-state index in [2.05, 4.69) is 11.1 Å². The van der Waals surface area contributed by atoms with E-state index >= 15 is 0 Å². The lowest BCUT2D eigenvalue weighted by Gasteiger charge is -2.51.